The maximum atomic E-state index is 12.5. The molecule has 1 amide bonds. The van der Waals surface area contributed by atoms with Gasteiger partial charge in [-0.15, -0.1) is 0 Å². The van der Waals surface area contributed by atoms with Crippen molar-refractivity contribution in [2.75, 3.05) is 18.6 Å². The van der Waals surface area contributed by atoms with Crippen LogP contribution in [0.5, 0.6) is 0 Å². The van der Waals surface area contributed by atoms with E-state index in [1.54, 1.807) is 16.7 Å². The Kier molecular flexibility index (Phi) is 7.44. The maximum Gasteiger partial charge on any atom is 0.410 e. The maximum absolute atomic E-state index is 12.5. The highest BCUT2D eigenvalue weighted by atomic mass is 32.2. The molecule has 1 saturated heterocycles. The number of carbonyl (C=O) groups is 2. The molecular formula is C18H33NO4S. The lowest BCUT2D eigenvalue weighted by Gasteiger charge is -2.31. The second-order valence-corrected chi connectivity index (χ2v) is 9.30. The van der Waals surface area contributed by atoms with E-state index in [2.05, 4.69) is 0 Å². The van der Waals surface area contributed by atoms with Gasteiger partial charge in [-0.2, -0.15) is 11.8 Å². The zero-order chi connectivity index (χ0) is 18.5. The molecule has 1 rings (SSSR count). The molecule has 0 aromatic heterocycles. The van der Waals surface area contributed by atoms with E-state index in [1.165, 1.54) is 0 Å². The van der Waals surface area contributed by atoms with Crippen molar-refractivity contribution in [3.63, 3.8) is 0 Å². The number of nitrogens with zero attached hydrogens (tertiary/aromatic N) is 1. The average molecular weight is 360 g/mol. The highest BCUT2D eigenvalue weighted by Gasteiger charge is 2.36. The zero-order valence-corrected chi connectivity index (χ0v) is 17.0. The molecule has 0 bridgehead atoms. The molecule has 0 radical (unpaired) electrons. The Hall–Kier alpha value is -0.910. The summed E-state index contributed by atoms with van der Waals surface area (Å²) in [6, 6.07) is 0.0459. The van der Waals surface area contributed by atoms with Crippen LogP contribution in [0.25, 0.3) is 0 Å². The molecule has 1 heterocycles. The van der Waals surface area contributed by atoms with Crippen molar-refractivity contribution in [2.24, 2.45) is 5.92 Å². The number of ether oxygens (including phenoxy) is 2. The SMILES string of the molecule is CSCC(C[C@@H]1CCCN1C(=O)OC(C)(C)C)C(=O)OC(C)(C)C. The topological polar surface area (TPSA) is 55.8 Å². The second-order valence-electron chi connectivity index (χ2n) is 8.39. The van der Waals surface area contributed by atoms with Gasteiger partial charge in [0.25, 0.3) is 0 Å². The van der Waals surface area contributed by atoms with Gasteiger partial charge in [-0.05, 0) is 67.1 Å². The van der Waals surface area contributed by atoms with Gasteiger partial charge in [0, 0.05) is 18.3 Å². The summed E-state index contributed by atoms with van der Waals surface area (Å²) >= 11 is 1.63. The molecule has 5 nitrogen and oxygen atoms in total. The second kappa shape index (κ2) is 8.45. The van der Waals surface area contributed by atoms with E-state index < -0.39 is 11.2 Å². The molecule has 0 N–H and O–H groups in total. The van der Waals surface area contributed by atoms with Crippen LogP contribution < -0.4 is 0 Å². The summed E-state index contributed by atoms with van der Waals surface area (Å²) in [5.74, 6) is 0.327. The van der Waals surface area contributed by atoms with Gasteiger partial charge in [0.05, 0.1) is 5.92 Å². The van der Waals surface area contributed by atoms with E-state index in [0.717, 1.165) is 12.8 Å². The molecule has 1 unspecified atom stereocenters. The van der Waals surface area contributed by atoms with E-state index in [4.69, 9.17) is 9.47 Å². The summed E-state index contributed by atoms with van der Waals surface area (Å²) in [7, 11) is 0. The standard InChI is InChI=1S/C18H33NO4S/c1-17(2,3)22-15(20)13(12-24-7)11-14-9-8-10-19(14)16(21)23-18(4,5)6/h13-14H,8-12H2,1-7H3/t13?,14-/m0/s1. The van der Waals surface area contributed by atoms with E-state index >= 15 is 0 Å². The Bertz CT molecular complexity index is 439. The van der Waals surface area contributed by atoms with E-state index in [9.17, 15) is 9.59 Å². The third kappa shape index (κ3) is 7.32. The van der Waals surface area contributed by atoms with E-state index in [1.807, 2.05) is 47.8 Å². The number of thioether (sulfide) groups is 1. The van der Waals surface area contributed by atoms with Gasteiger partial charge in [-0.25, -0.2) is 4.79 Å². The van der Waals surface area contributed by atoms with Crippen LogP contribution in [0.15, 0.2) is 0 Å². The summed E-state index contributed by atoms with van der Waals surface area (Å²) in [4.78, 5) is 26.6. The van der Waals surface area contributed by atoms with Gasteiger partial charge >= 0.3 is 12.1 Å². The van der Waals surface area contributed by atoms with Gasteiger partial charge in [-0.1, -0.05) is 0 Å². The fraction of sp³-hybridized carbons (Fsp3) is 0.889. The number of hydrogen-bond acceptors (Lipinski definition) is 5. The number of esters is 1. The van der Waals surface area contributed by atoms with Crippen molar-refractivity contribution < 1.29 is 19.1 Å². The van der Waals surface area contributed by atoms with Crippen molar-refractivity contribution in [2.45, 2.75) is 78.0 Å². The highest BCUT2D eigenvalue weighted by molar-refractivity contribution is 7.98. The predicted molar refractivity (Wildman–Crippen MR) is 98.3 cm³/mol. The molecule has 1 fully saturated rings. The minimum absolute atomic E-state index is 0.0459. The Labute approximate surface area is 150 Å². The minimum Gasteiger partial charge on any atom is -0.460 e. The Morgan fingerprint density at radius 3 is 2.21 bits per heavy atom. The quantitative estimate of drug-likeness (QED) is 0.692. The molecule has 24 heavy (non-hydrogen) atoms. The Morgan fingerprint density at radius 2 is 1.71 bits per heavy atom. The van der Waals surface area contributed by atoms with E-state index in [0.29, 0.717) is 18.7 Å². The Balaban J connectivity index is 2.74. The molecule has 6 heteroatoms. The van der Waals surface area contributed by atoms with Crippen LogP contribution in [-0.4, -0.2) is 52.8 Å². The lowest BCUT2D eigenvalue weighted by molar-refractivity contribution is -0.159. The number of carbonyl (C=O) groups excluding carboxylic acids is 2. The molecule has 0 aliphatic carbocycles. The van der Waals surface area contributed by atoms with Crippen molar-refractivity contribution in [1.82, 2.24) is 4.90 Å². The lowest BCUT2D eigenvalue weighted by atomic mass is 9.99. The normalized spacial score (nSPS) is 20.0. The third-order valence-electron chi connectivity index (χ3n) is 3.67. The first-order valence-corrected chi connectivity index (χ1v) is 10.0. The zero-order valence-electron chi connectivity index (χ0n) is 16.2. The summed E-state index contributed by atoms with van der Waals surface area (Å²) < 4.78 is 11.1. The molecule has 0 spiro atoms. The lowest BCUT2D eigenvalue weighted by Crippen LogP contribution is -2.42. The minimum atomic E-state index is -0.506. The molecule has 140 valence electrons. The summed E-state index contributed by atoms with van der Waals surface area (Å²) in [6.45, 7) is 11.9. The van der Waals surface area contributed by atoms with Gasteiger partial charge in [-0.3, -0.25) is 4.79 Å². The molecule has 0 aromatic rings. The average Bonchev–Trinajstić information content (AvgIpc) is 2.82. The summed E-state index contributed by atoms with van der Waals surface area (Å²) in [5.41, 5.74) is -0.998. The molecule has 1 aliphatic rings. The van der Waals surface area contributed by atoms with Crippen molar-refractivity contribution in [3.05, 3.63) is 0 Å². The monoisotopic (exact) mass is 359 g/mol. The van der Waals surface area contributed by atoms with Crippen molar-refractivity contribution in [3.8, 4) is 0 Å². The molecule has 1 aliphatic heterocycles. The summed E-state index contributed by atoms with van der Waals surface area (Å²) in [5, 5.41) is 0. The van der Waals surface area contributed by atoms with Crippen molar-refractivity contribution in [1.29, 1.82) is 0 Å². The Morgan fingerprint density at radius 1 is 1.12 bits per heavy atom. The van der Waals surface area contributed by atoms with Crippen LogP contribution in [0.3, 0.4) is 0 Å². The first-order chi connectivity index (χ1) is 10.9. The van der Waals surface area contributed by atoms with Crippen LogP contribution in [-0.2, 0) is 14.3 Å². The number of amides is 1. The predicted octanol–water partition coefficient (Wildman–Crippen LogP) is 4.10. The summed E-state index contributed by atoms with van der Waals surface area (Å²) in [6.07, 6.45) is 4.20. The smallest absolute Gasteiger partial charge is 0.410 e. The third-order valence-corrected chi connectivity index (χ3v) is 4.41. The first-order valence-electron chi connectivity index (χ1n) is 8.64. The number of rotatable bonds is 5. The van der Waals surface area contributed by atoms with Crippen LogP contribution >= 0.6 is 11.8 Å². The fourth-order valence-corrected chi connectivity index (χ4v) is 3.46. The van der Waals surface area contributed by atoms with Crippen LogP contribution in [0.4, 0.5) is 4.79 Å². The van der Waals surface area contributed by atoms with Gasteiger partial charge in [0.15, 0.2) is 0 Å². The first kappa shape index (κ1) is 21.1. The fourth-order valence-electron chi connectivity index (χ4n) is 2.79. The molecule has 0 aromatic carbocycles. The van der Waals surface area contributed by atoms with Crippen molar-refractivity contribution >= 4 is 23.8 Å². The van der Waals surface area contributed by atoms with Crippen LogP contribution in [0.1, 0.15) is 60.8 Å². The van der Waals surface area contributed by atoms with Crippen LogP contribution in [0, 0.1) is 5.92 Å². The number of hydrogen-bond donors (Lipinski definition) is 0. The van der Waals surface area contributed by atoms with Crippen LogP contribution in [0.2, 0.25) is 0 Å². The van der Waals surface area contributed by atoms with Gasteiger partial charge < -0.3 is 14.4 Å². The van der Waals surface area contributed by atoms with Gasteiger partial charge in [0.1, 0.15) is 11.2 Å². The molecule has 2 atom stereocenters. The molecule has 0 saturated carbocycles. The molecular weight excluding hydrogens is 326 g/mol. The van der Waals surface area contributed by atoms with Gasteiger partial charge in [0.2, 0.25) is 0 Å². The van der Waals surface area contributed by atoms with E-state index in [-0.39, 0.29) is 24.0 Å². The highest BCUT2D eigenvalue weighted by Crippen LogP contribution is 2.28. The largest absolute Gasteiger partial charge is 0.460 e. The number of likely N-dealkylation sites (tertiary alicyclic amines) is 1.